The lowest BCUT2D eigenvalue weighted by Crippen LogP contribution is -2.34. The van der Waals surface area contributed by atoms with E-state index in [0.29, 0.717) is 12.6 Å². The van der Waals surface area contributed by atoms with Crippen LogP contribution in [0.1, 0.15) is 32.1 Å². The number of nitrogens with zero attached hydrogens (tertiary/aromatic N) is 2. The highest BCUT2D eigenvalue weighted by Crippen LogP contribution is 2.23. The molecule has 2 nitrogen and oxygen atoms in total. The summed E-state index contributed by atoms with van der Waals surface area (Å²) in [5, 5.41) is 8.68. The molecule has 13 heavy (non-hydrogen) atoms. The Bertz CT molecular complexity index is 187. The Morgan fingerprint density at radius 3 is 2.69 bits per heavy atom. The van der Waals surface area contributed by atoms with Gasteiger partial charge in [0.05, 0.1) is 12.6 Å². The monoisotopic (exact) mass is 178 g/mol. The quantitative estimate of drug-likeness (QED) is 0.477. The SMILES string of the molecule is C=CCCN(CC#N)C1CCCC1. The highest BCUT2D eigenvalue weighted by atomic mass is 15.1. The molecule has 0 radical (unpaired) electrons. The molecular formula is C11H18N2. The molecule has 1 aliphatic carbocycles. The van der Waals surface area contributed by atoms with Gasteiger partial charge >= 0.3 is 0 Å². The summed E-state index contributed by atoms with van der Waals surface area (Å²) in [4.78, 5) is 2.30. The van der Waals surface area contributed by atoms with Crippen LogP contribution in [0.15, 0.2) is 12.7 Å². The van der Waals surface area contributed by atoms with E-state index in [9.17, 15) is 0 Å². The van der Waals surface area contributed by atoms with E-state index in [1.54, 1.807) is 0 Å². The maximum Gasteiger partial charge on any atom is 0.0868 e. The molecule has 0 aromatic rings. The van der Waals surface area contributed by atoms with Crippen molar-refractivity contribution in [2.75, 3.05) is 13.1 Å². The van der Waals surface area contributed by atoms with Gasteiger partial charge in [0.25, 0.3) is 0 Å². The molecule has 1 rings (SSSR count). The summed E-state index contributed by atoms with van der Waals surface area (Å²) >= 11 is 0. The summed E-state index contributed by atoms with van der Waals surface area (Å²) in [6, 6.07) is 2.91. The molecule has 0 N–H and O–H groups in total. The fraction of sp³-hybridized carbons (Fsp3) is 0.727. The van der Waals surface area contributed by atoms with E-state index in [1.807, 2.05) is 6.08 Å². The molecule has 72 valence electrons. The molecule has 0 atom stereocenters. The molecule has 0 unspecified atom stereocenters. The lowest BCUT2D eigenvalue weighted by atomic mass is 10.2. The highest BCUT2D eigenvalue weighted by molar-refractivity contribution is 4.85. The average Bonchev–Trinajstić information content (AvgIpc) is 2.65. The second-order valence-electron chi connectivity index (χ2n) is 3.64. The van der Waals surface area contributed by atoms with E-state index in [2.05, 4.69) is 17.5 Å². The third kappa shape index (κ3) is 3.20. The minimum Gasteiger partial charge on any atom is -0.287 e. The van der Waals surface area contributed by atoms with Crippen LogP contribution in [-0.4, -0.2) is 24.0 Å². The van der Waals surface area contributed by atoms with Crippen molar-refractivity contribution in [3.05, 3.63) is 12.7 Å². The first-order valence-corrected chi connectivity index (χ1v) is 5.10. The van der Waals surface area contributed by atoms with Gasteiger partial charge in [-0.3, -0.25) is 4.90 Å². The molecule has 0 spiro atoms. The van der Waals surface area contributed by atoms with E-state index >= 15 is 0 Å². The molecule has 0 saturated heterocycles. The van der Waals surface area contributed by atoms with Gasteiger partial charge in [0, 0.05) is 12.6 Å². The van der Waals surface area contributed by atoms with E-state index in [-0.39, 0.29) is 0 Å². The number of hydrogen-bond acceptors (Lipinski definition) is 2. The largest absolute Gasteiger partial charge is 0.287 e. The molecule has 0 heterocycles. The van der Waals surface area contributed by atoms with Crippen LogP contribution in [0, 0.1) is 11.3 Å². The van der Waals surface area contributed by atoms with Crippen molar-refractivity contribution < 1.29 is 0 Å². The van der Waals surface area contributed by atoms with Crippen LogP contribution in [-0.2, 0) is 0 Å². The van der Waals surface area contributed by atoms with Gasteiger partial charge in [-0.2, -0.15) is 5.26 Å². The van der Waals surface area contributed by atoms with E-state index in [4.69, 9.17) is 5.26 Å². The van der Waals surface area contributed by atoms with Gasteiger partial charge in [-0.25, -0.2) is 0 Å². The first-order chi connectivity index (χ1) is 6.38. The zero-order valence-electron chi connectivity index (χ0n) is 8.21. The smallest absolute Gasteiger partial charge is 0.0868 e. The zero-order chi connectivity index (χ0) is 9.52. The number of rotatable bonds is 5. The van der Waals surface area contributed by atoms with Gasteiger partial charge in [-0.15, -0.1) is 6.58 Å². The van der Waals surface area contributed by atoms with Gasteiger partial charge in [-0.1, -0.05) is 18.9 Å². The molecule has 0 amide bonds. The first kappa shape index (κ1) is 10.3. The fourth-order valence-electron chi connectivity index (χ4n) is 2.01. The van der Waals surface area contributed by atoms with Gasteiger partial charge < -0.3 is 0 Å². The maximum atomic E-state index is 8.68. The Hall–Kier alpha value is -0.810. The predicted molar refractivity (Wildman–Crippen MR) is 54.3 cm³/mol. The second-order valence-corrected chi connectivity index (χ2v) is 3.64. The van der Waals surface area contributed by atoms with Crippen LogP contribution in [0.2, 0.25) is 0 Å². The summed E-state index contributed by atoms with van der Waals surface area (Å²) in [5.74, 6) is 0. The first-order valence-electron chi connectivity index (χ1n) is 5.10. The molecular weight excluding hydrogens is 160 g/mol. The van der Waals surface area contributed by atoms with Crippen molar-refractivity contribution >= 4 is 0 Å². The second kappa shape index (κ2) is 5.77. The Kier molecular flexibility index (Phi) is 4.56. The van der Waals surface area contributed by atoms with Crippen LogP contribution < -0.4 is 0 Å². The van der Waals surface area contributed by atoms with Gasteiger partial charge in [0.1, 0.15) is 0 Å². The van der Waals surface area contributed by atoms with Crippen LogP contribution in [0.5, 0.6) is 0 Å². The van der Waals surface area contributed by atoms with Gasteiger partial charge in [0.2, 0.25) is 0 Å². The van der Waals surface area contributed by atoms with E-state index in [0.717, 1.165) is 13.0 Å². The van der Waals surface area contributed by atoms with Crippen molar-refractivity contribution in [2.24, 2.45) is 0 Å². The van der Waals surface area contributed by atoms with Crippen LogP contribution >= 0.6 is 0 Å². The molecule has 2 heteroatoms. The normalized spacial score (nSPS) is 17.5. The maximum absolute atomic E-state index is 8.68. The summed E-state index contributed by atoms with van der Waals surface area (Å²) in [7, 11) is 0. The summed E-state index contributed by atoms with van der Waals surface area (Å²) in [6.45, 7) is 5.29. The lowest BCUT2D eigenvalue weighted by molar-refractivity contribution is 0.227. The molecule has 1 fully saturated rings. The van der Waals surface area contributed by atoms with Crippen LogP contribution in [0.25, 0.3) is 0 Å². The van der Waals surface area contributed by atoms with E-state index < -0.39 is 0 Å². The summed E-state index contributed by atoms with van der Waals surface area (Å²) in [5.41, 5.74) is 0. The minimum absolute atomic E-state index is 0.582. The third-order valence-electron chi connectivity index (χ3n) is 2.74. The Morgan fingerprint density at radius 2 is 2.15 bits per heavy atom. The van der Waals surface area contributed by atoms with Crippen molar-refractivity contribution in [2.45, 2.75) is 38.1 Å². The molecule has 0 aromatic heterocycles. The Balaban J connectivity index is 2.36. The number of nitriles is 1. The Labute approximate surface area is 80.8 Å². The topological polar surface area (TPSA) is 27.0 Å². The summed E-state index contributed by atoms with van der Waals surface area (Å²) in [6.07, 6.45) is 8.15. The van der Waals surface area contributed by atoms with Crippen LogP contribution in [0.3, 0.4) is 0 Å². The van der Waals surface area contributed by atoms with Gasteiger partial charge in [-0.05, 0) is 19.3 Å². The molecule has 1 aliphatic rings. The minimum atomic E-state index is 0.582. The highest BCUT2D eigenvalue weighted by Gasteiger charge is 2.21. The molecule has 0 aliphatic heterocycles. The third-order valence-corrected chi connectivity index (χ3v) is 2.74. The molecule has 1 saturated carbocycles. The van der Waals surface area contributed by atoms with Crippen molar-refractivity contribution in [3.8, 4) is 6.07 Å². The van der Waals surface area contributed by atoms with Crippen molar-refractivity contribution in [3.63, 3.8) is 0 Å². The van der Waals surface area contributed by atoms with Crippen molar-refractivity contribution in [1.29, 1.82) is 5.26 Å². The zero-order valence-corrected chi connectivity index (χ0v) is 8.21. The number of hydrogen-bond donors (Lipinski definition) is 0. The fourth-order valence-corrected chi connectivity index (χ4v) is 2.01. The Morgan fingerprint density at radius 1 is 1.46 bits per heavy atom. The van der Waals surface area contributed by atoms with Crippen molar-refractivity contribution in [1.82, 2.24) is 4.90 Å². The predicted octanol–water partition coefficient (Wildman–Crippen LogP) is 2.33. The average molecular weight is 178 g/mol. The lowest BCUT2D eigenvalue weighted by Gasteiger charge is -2.25. The van der Waals surface area contributed by atoms with E-state index in [1.165, 1.54) is 25.7 Å². The van der Waals surface area contributed by atoms with Crippen LogP contribution in [0.4, 0.5) is 0 Å². The molecule has 0 aromatic carbocycles. The molecule has 0 bridgehead atoms. The standard InChI is InChI=1S/C11H18N2/c1-2-3-9-13(10-8-12)11-6-4-5-7-11/h2,11H,1,3-7,9-10H2. The van der Waals surface area contributed by atoms with Gasteiger partial charge in [0.15, 0.2) is 0 Å². The summed E-state index contributed by atoms with van der Waals surface area (Å²) < 4.78 is 0.